The van der Waals surface area contributed by atoms with E-state index < -0.39 is 0 Å². The predicted molar refractivity (Wildman–Crippen MR) is 131 cm³/mol. The number of hydrogen-bond acceptors (Lipinski definition) is 5. The van der Waals surface area contributed by atoms with Crippen LogP contribution in [0.1, 0.15) is 58.4 Å². The smallest absolute Gasteiger partial charge is 0.287 e. The van der Waals surface area contributed by atoms with Crippen molar-refractivity contribution >= 4 is 23.0 Å². The van der Waals surface area contributed by atoms with Crippen molar-refractivity contribution in [3.63, 3.8) is 0 Å². The van der Waals surface area contributed by atoms with Crippen LogP contribution in [0, 0.1) is 11.7 Å². The van der Waals surface area contributed by atoms with Gasteiger partial charge in [-0.15, -0.1) is 0 Å². The molecule has 0 spiro atoms. The second-order valence-corrected chi connectivity index (χ2v) is 9.90. The Morgan fingerprint density at radius 2 is 1.94 bits per heavy atom. The maximum absolute atomic E-state index is 13.4. The van der Waals surface area contributed by atoms with Crippen LogP contribution in [0.3, 0.4) is 0 Å². The van der Waals surface area contributed by atoms with Gasteiger partial charge < -0.3 is 15.0 Å². The Kier molecular flexibility index (Phi) is 7.91. The van der Waals surface area contributed by atoms with Crippen molar-refractivity contribution in [1.29, 1.82) is 0 Å². The first-order valence-corrected chi connectivity index (χ1v) is 12.4. The van der Waals surface area contributed by atoms with Crippen LogP contribution in [0.4, 0.5) is 15.8 Å². The molecule has 2 fully saturated rings. The first kappa shape index (κ1) is 24.0. The first-order chi connectivity index (χ1) is 15.9. The number of hydrogen-bond donors (Lipinski definition) is 1. The molecule has 33 heavy (non-hydrogen) atoms. The van der Waals surface area contributed by atoms with Crippen LogP contribution in [0.5, 0.6) is 0 Å². The van der Waals surface area contributed by atoms with E-state index >= 15 is 0 Å². The summed E-state index contributed by atoms with van der Waals surface area (Å²) in [6.45, 7) is 6.61. The van der Waals surface area contributed by atoms with Gasteiger partial charge in [0.2, 0.25) is 0 Å². The molecule has 1 N–H and O–H groups in total. The van der Waals surface area contributed by atoms with Crippen molar-refractivity contribution in [2.75, 3.05) is 30.0 Å². The zero-order chi connectivity index (χ0) is 23.4. The minimum Gasteiger partial charge on any atom is -0.382 e. The van der Waals surface area contributed by atoms with E-state index in [4.69, 9.17) is 16.3 Å². The first-order valence-electron chi connectivity index (χ1n) is 12.1. The van der Waals surface area contributed by atoms with Gasteiger partial charge in [-0.25, -0.2) is 9.07 Å². The van der Waals surface area contributed by atoms with Gasteiger partial charge in [0.25, 0.3) is 5.56 Å². The van der Waals surface area contributed by atoms with Gasteiger partial charge in [-0.2, -0.15) is 5.10 Å². The molecule has 6 nitrogen and oxygen atoms in total. The van der Waals surface area contributed by atoms with E-state index in [1.54, 1.807) is 10.9 Å². The third kappa shape index (κ3) is 5.69. The van der Waals surface area contributed by atoms with Gasteiger partial charge in [-0.3, -0.25) is 4.79 Å². The number of aromatic nitrogens is 2. The Hall–Kier alpha value is -2.12. The van der Waals surface area contributed by atoms with Gasteiger partial charge in [0.1, 0.15) is 10.8 Å². The summed E-state index contributed by atoms with van der Waals surface area (Å²) in [5.74, 6) is 0.205. The molecule has 8 heteroatoms. The van der Waals surface area contributed by atoms with Crippen molar-refractivity contribution in [3.8, 4) is 0 Å². The highest BCUT2D eigenvalue weighted by atomic mass is 35.5. The fraction of sp³-hybridized carbons (Fsp3) is 0.600. The van der Waals surface area contributed by atoms with Gasteiger partial charge >= 0.3 is 0 Å². The molecule has 1 atom stereocenters. The number of nitrogens with zero attached hydrogens (tertiary/aromatic N) is 3. The van der Waals surface area contributed by atoms with E-state index in [1.807, 2.05) is 12.1 Å². The second-order valence-electron chi connectivity index (χ2n) is 9.53. The molecule has 1 saturated carbocycles. The van der Waals surface area contributed by atoms with Gasteiger partial charge in [-0.05, 0) is 82.6 Å². The highest BCUT2D eigenvalue weighted by Gasteiger charge is 2.30. The highest BCUT2D eigenvalue weighted by Crippen LogP contribution is 2.34. The predicted octanol–water partition coefficient (Wildman–Crippen LogP) is 5.27. The lowest BCUT2D eigenvalue weighted by Gasteiger charge is -2.41. The molecule has 2 heterocycles. The number of rotatable bonds is 7. The van der Waals surface area contributed by atoms with E-state index in [0.717, 1.165) is 64.0 Å². The summed E-state index contributed by atoms with van der Waals surface area (Å²) in [5, 5.41) is 7.97. The zero-order valence-corrected chi connectivity index (χ0v) is 20.2. The molecule has 2 aliphatic rings. The van der Waals surface area contributed by atoms with Crippen molar-refractivity contribution < 1.29 is 9.13 Å². The quantitative estimate of drug-likeness (QED) is 0.589. The van der Waals surface area contributed by atoms with Gasteiger partial charge in [0.15, 0.2) is 0 Å². The topological polar surface area (TPSA) is 59.4 Å². The summed E-state index contributed by atoms with van der Waals surface area (Å²) in [5.41, 5.74) is 1.40. The molecule has 1 aromatic heterocycles. The lowest BCUT2D eigenvalue weighted by molar-refractivity contribution is 0.0595. The van der Waals surface area contributed by atoms with Crippen LogP contribution in [0.25, 0.3) is 0 Å². The maximum Gasteiger partial charge on any atom is 0.287 e. The minimum absolute atomic E-state index is 0.0364. The van der Waals surface area contributed by atoms with Crippen molar-refractivity contribution in [2.45, 2.75) is 70.5 Å². The average Bonchev–Trinajstić information content (AvgIpc) is 2.82. The van der Waals surface area contributed by atoms with Gasteiger partial charge in [0, 0.05) is 30.9 Å². The molecule has 0 unspecified atom stereocenters. The number of nitrogens with one attached hydrogen (secondary N) is 1. The zero-order valence-electron chi connectivity index (χ0n) is 19.5. The number of anilines is 2. The summed E-state index contributed by atoms with van der Waals surface area (Å²) >= 11 is 6.44. The number of ether oxygens (including phenoxy) is 1. The van der Waals surface area contributed by atoms with E-state index in [2.05, 4.69) is 29.2 Å². The average molecular weight is 477 g/mol. The fourth-order valence-corrected chi connectivity index (χ4v) is 5.38. The summed E-state index contributed by atoms with van der Waals surface area (Å²) in [6.07, 6.45) is 7.44. The van der Waals surface area contributed by atoms with Crippen LogP contribution < -0.4 is 15.8 Å². The molecule has 1 aromatic carbocycles. The van der Waals surface area contributed by atoms with Crippen LogP contribution in [-0.4, -0.2) is 41.6 Å². The minimum atomic E-state index is -0.232. The van der Waals surface area contributed by atoms with Crippen LogP contribution in [0.15, 0.2) is 35.3 Å². The van der Waals surface area contributed by atoms with Crippen LogP contribution in [-0.2, 0) is 4.74 Å². The molecular weight excluding hydrogens is 443 g/mol. The lowest BCUT2D eigenvalue weighted by atomic mass is 9.89. The molecule has 0 amide bonds. The van der Waals surface area contributed by atoms with Crippen LogP contribution >= 0.6 is 11.6 Å². The molecule has 4 rings (SSSR count). The standard InChI is InChI=1S/C25H34ClFN4O2/c1-17(2)30(20-7-5-19(27)6-8-20)21-9-11-22(12-10-21)31-25(32)24(26)23(15-29-31)28-14-18-4-3-13-33-16-18/h5-8,15,17-18,21-22,28H,3-4,9-14,16H2,1-2H3/t18-,21?,22?/m1/s1. The fourth-order valence-electron chi connectivity index (χ4n) is 5.18. The van der Waals surface area contributed by atoms with Gasteiger partial charge in [-0.1, -0.05) is 11.6 Å². The van der Waals surface area contributed by atoms with E-state index in [1.165, 1.54) is 12.1 Å². The molecule has 180 valence electrons. The monoisotopic (exact) mass is 476 g/mol. The molecule has 1 aliphatic heterocycles. The number of halogens is 2. The molecular formula is C25H34ClFN4O2. The lowest BCUT2D eigenvalue weighted by Crippen LogP contribution is -2.43. The summed E-state index contributed by atoms with van der Waals surface area (Å²) in [4.78, 5) is 15.3. The summed E-state index contributed by atoms with van der Waals surface area (Å²) in [6, 6.07) is 7.40. The molecule has 2 aromatic rings. The van der Waals surface area contributed by atoms with Crippen molar-refractivity contribution in [2.24, 2.45) is 5.92 Å². The molecule has 0 radical (unpaired) electrons. The van der Waals surface area contributed by atoms with Crippen molar-refractivity contribution in [1.82, 2.24) is 9.78 Å². The second kappa shape index (κ2) is 10.9. The molecule has 1 saturated heterocycles. The Bertz CT molecular complexity index is 967. The molecule has 1 aliphatic carbocycles. The van der Waals surface area contributed by atoms with Gasteiger partial charge in [0.05, 0.1) is 24.5 Å². The Labute approximate surface area is 200 Å². The molecule has 0 bridgehead atoms. The van der Waals surface area contributed by atoms with Crippen molar-refractivity contribution in [3.05, 3.63) is 51.7 Å². The maximum atomic E-state index is 13.4. The Morgan fingerprint density at radius 1 is 1.21 bits per heavy atom. The number of benzene rings is 1. The third-order valence-electron chi connectivity index (χ3n) is 6.87. The Morgan fingerprint density at radius 3 is 2.58 bits per heavy atom. The third-order valence-corrected chi connectivity index (χ3v) is 7.23. The largest absolute Gasteiger partial charge is 0.382 e. The van der Waals surface area contributed by atoms with E-state index in [-0.39, 0.29) is 22.4 Å². The highest BCUT2D eigenvalue weighted by molar-refractivity contribution is 6.32. The van der Waals surface area contributed by atoms with E-state index in [9.17, 15) is 9.18 Å². The summed E-state index contributed by atoms with van der Waals surface area (Å²) < 4.78 is 20.5. The van der Waals surface area contributed by atoms with E-state index in [0.29, 0.717) is 23.7 Å². The van der Waals surface area contributed by atoms with Crippen LogP contribution in [0.2, 0.25) is 5.02 Å². The normalized spacial score (nSPS) is 23.5. The summed E-state index contributed by atoms with van der Waals surface area (Å²) in [7, 11) is 0. The Balaban J connectivity index is 1.40. The SMILES string of the molecule is CC(C)N(c1ccc(F)cc1)C1CCC(n2ncc(NC[C@H]3CCCOC3)c(Cl)c2=O)CC1.